The second-order valence-electron chi connectivity index (χ2n) is 6.57. The molecule has 0 aromatic carbocycles. The first-order chi connectivity index (χ1) is 5.71. The number of hydrogen-bond donors (Lipinski definition) is 0. The predicted octanol–water partition coefficient (Wildman–Crippen LogP) is 4.27. The second kappa shape index (κ2) is 3.15. The Kier molecular flexibility index (Phi) is 2.62. The van der Waals surface area contributed by atoms with Gasteiger partial charge in [-0.2, -0.15) is 0 Å². The third-order valence-electron chi connectivity index (χ3n) is 3.31. The van der Waals surface area contributed by atoms with E-state index in [0.29, 0.717) is 10.8 Å². The van der Waals surface area contributed by atoms with Crippen molar-refractivity contribution in [2.24, 2.45) is 22.7 Å². The van der Waals surface area contributed by atoms with E-state index in [-0.39, 0.29) is 0 Å². The van der Waals surface area contributed by atoms with Gasteiger partial charge in [0.1, 0.15) is 0 Å². The topological polar surface area (TPSA) is 0 Å². The summed E-state index contributed by atoms with van der Waals surface area (Å²) in [4.78, 5) is 0. The average Bonchev–Trinajstić information content (AvgIpc) is 2.28. The first-order valence-electron chi connectivity index (χ1n) is 5.39. The minimum Gasteiger partial charge on any atom is -0.0846 e. The van der Waals surface area contributed by atoms with Crippen LogP contribution in [0.1, 0.15) is 48.0 Å². The molecule has 0 spiro atoms. The molecule has 0 heterocycles. The maximum absolute atomic E-state index is 2.43. The zero-order chi connectivity index (χ0) is 10.3. The second-order valence-corrected chi connectivity index (χ2v) is 6.57. The van der Waals surface area contributed by atoms with Gasteiger partial charge in [-0.25, -0.2) is 0 Å². The molecule has 0 N–H and O–H groups in total. The minimum atomic E-state index is 0.441. The Labute approximate surface area is 83.4 Å². The van der Waals surface area contributed by atoms with Crippen molar-refractivity contribution in [2.75, 3.05) is 0 Å². The zero-order valence-corrected chi connectivity index (χ0v) is 10.0. The largest absolute Gasteiger partial charge is 0.0846 e. The molecule has 1 aliphatic carbocycles. The van der Waals surface area contributed by atoms with Gasteiger partial charge in [0.25, 0.3) is 0 Å². The van der Waals surface area contributed by atoms with Gasteiger partial charge >= 0.3 is 0 Å². The lowest BCUT2D eigenvalue weighted by Gasteiger charge is -2.30. The van der Waals surface area contributed by atoms with Crippen molar-refractivity contribution in [1.29, 1.82) is 0 Å². The molecule has 0 bridgehead atoms. The summed E-state index contributed by atoms with van der Waals surface area (Å²) < 4.78 is 0. The molecule has 0 aliphatic heterocycles. The Bertz CT molecular complexity index is 175. The van der Waals surface area contributed by atoms with Crippen LogP contribution in [0.15, 0.2) is 12.2 Å². The molecule has 0 heteroatoms. The van der Waals surface area contributed by atoms with Crippen molar-refractivity contribution in [1.82, 2.24) is 0 Å². The van der Waals surface area contributed by atoms with Crippen LogP contribution in [0.4, 0.5) is 0 Å². The van der Waals surface area contributed by atoms with Gasteiger partial charge in [0, 0.05) is 0 Å². The highest BCUT2D eigenvalue weighted by Gasteiger charge is 2.33. The molecule has 0 unspecified atom stereocenters. The Morgan fingerprint density at radius 1 is 0.769 bits per heavy atom. The van der Waals surface area contributed by atoms with Crippen LogP contribution < -0.4 is 0 Å². The molecule has 0 amide bonds. The SMILES string of the molecule is CC(C)(C)[C@@H]1C=C[C@H](C(C)(C)C)C1. The van der Waals surface area contributed by atoms with Gasteiger partial charge in [-0.1, -0.05) is 53.7 Å². The molecule has 0 nitrogen and oxygen atoms in total. The summed E-state index contributed by atoms with van der Waals surface area (Å²) in [5.74, 6) is 1.55. The third kappa shape index (κ3) is 2.59. The van der Waals surface area contributed by atoms with Crippen LogP contribution in [0, 0.1) is 22.7 Å². The van der Waals surface area contributed by atoms with Gasteiger partial charge in [-0.3, -0.25) is 0 Å². The van der Waals surface area contributed by atoms with Crippen molar-refractivity contribution >= 4 is 0 Å². The number of allylic oxidation sites excluding steroid dienone is 2. The number of hydrogen-bond acceptors (Lipinski definition) is 0. The summed E-state index contributed by atoms with van der Waals surface area (Å²) in [6.45, 7) is 14.0. The molecule has 0 fully saturated rings. The Hall–Kier alpha value is -0.260. The molecule has 0 saturated heterocycles. The normalized spacial score (nSPS) is 29.7. The summed E-state index contributed by atoms with van der Waals surface area (Å²) >= 11 is 0. The van der Waals surface area contributed by atoms with Crippen LogP contribution >= 0.6 is 0 Å². The predicted molar refractivity (Wildman–Crippen MR) is 59.6 cm³/mol. The molecule has 0 saturated carbocycles. The van der Waals surface area contributed by atoms with E-state index in [4.69, 9.17) is 0 Å². The van der Waals surface area contributed by atoms with Crippen LogP contribution in [0.3, 0.4) is 0 Å². The first-order valence-corrected chi connectivity index (χ1v) is 5.39. The van der Waals surface area contributed by atoms with Crippen LogP contribution in [0.5, 0.6) is 0 Å². The molecular weight excluding hydrogens is 156 g/mol. The first kappa shape index (κ1) is 10.8. The fourth-order valence-electron chi connectivity index (χ4n) is 1.98. The highest BCUT2D eigenvalue weighted by molar-refractivity contribution is 5.08. The molecule has 0 aromatic rings. The monoisotopic (exact) mass is 180 g/mol. The fourth-order valence-corrected chi connectivity index (χ4v) is 1.98. The molecule has 0 radical (unpaired) electrons. The van der Waals surface area contributed by atoms with Crippen LogP contribution in [-0.4, -0.2) is 0 Å². The maximum Gasteiger partial charge on any atom is -0.0179 e. The maximum atomic E-state index is 2.43. The lowest BCUT2D eigenvalue weighted by Crippen LogP contribution is -2.22. The Morgan fingerprint density at radius 3 is 1.23 bits per heavy atom. The number of rotatable bonds is 0. The quantitative estimate of drug-likeness (QED) is 0.488. The molecule has 0 aromatic heterocycles. The van der Waals surface area contributed by atoms with Gasteiger partial charge < -0.3 is 0 Å². The molecule has 1 aliphatic rings. The van der Waals surface area contributed by atoms with Crippen LogP contribution in [0.2, 0.25) is 0 Å². The average molecular weight is 180 g/mol. The van der Waals surface area contributed by atoms with Crippen molar-refractivity contribution in [2.45, 2.75) is 48.0 Å². The van der Waals surface area contributed by atoms with E-state index in [1.807, 2.05) is 0 Å². The van der Waals surface area contributed by atoms with Gasteiger partial charge in [0.2, 0.25) is 0 Å². The van der Waals surface area contributed by atoms with E-state index in [9.17, 15) is 0 Å². The smallest absolute Gasteiger partial charge is 0.0179 e. The highest BCUT2D eigenvalue weighted by atomic mass is 14.4. The van der Waals surface area contributed by atoms with Crippen molar-refractivity contribution in [3.05, 3.63) is 12.2 Å². The molecule has 1 rings (SSSR count). The zero-order valence-electron chi connectivity index (χ0n) is 10.0. The summed E-state index contributed by atoms with van der Waals surface area (Å²) in [6.07, 6.45) is 6.19. The van der Waals surface area contributed by atoms with E-state index in [0.717, 1.165) is 11.8 Å². The van der Waals surface area contributed by atoms with E-state index in [1.54, 1.807) is 0 Å². The third-order valence-corrected chi connectivity index (χ3v) is 3.31. The summed E-state index contributed by atoms with van der Waals surface area (Å²) in [6, 6.07) is 0. The van der Waals surface area contributed by atoms with Gasteiger partial charge in [0.15, 0.2) is 0 Å². The van der Waals surface area contributed by atoms with E-state index in [1.165, 1.54) is 6.42 Å². The van der Waals surface area contributed by atoms with E-state index in [2.05, 4.69) is 53.7 Å². The van der Waals surface area contributed by atoms with Crippen molar-refractivity contribution in [3.63, 3.8) is 0 Å². The fraction of sp³-hybridized carbons (Fsp3) is 0.846. The summed E-state index contributed by atoms with van der Waals surface area (Å²) in [5.41, 5.74) is 0.882. The standard InChI is InChI=1S/C13H24/c1-12(2,3)10-7-8-11(9-10)13(4,5)6/h7-8,10-11H,9H2,1-6H3/t10-,11+. The van der Waals surface area contributed by atoms with E-state index >= 15 is 0 Å². The van der Waals surface area contributed by atoms with Gasteiger partial charge in [-0.15, -0.1) is 0 Å². The summed E-state index contributed by atoms with van der Waals surface area (Å²) in [7, 11) is 0. The molecule has 2 atom stereocenters. The van der Waals surface area contributed by atoms with Crippen LogP contribution in [-0.2, 0) is 0 Å². The molecular formula is C13H24. The minimum absolute atomic E-state index is 0.441. The summed E-state index contributed by atoms with van der Waals surface area (Å²) in [5, 5.41) is 0. The Morgan fingerprint density at radius 2 is 1.08 bits per heavy atom. The van der Waals surface area contributed by atoms with Crippen molar-refractivity contribution < 1.29 is 0 Å². The van der Waals surface area contributed by atoms with E-state index < -0.39 is 0 Å². The van der Waals surface area contributed by atoms with Crippen LogP contribution in [0.25, 0.3) is 0 Å². The molecule has 76 valence electrons. The lowest BCUT2D eigenvalue weighted by molar-refractivity contribution is 0.214. The highest BCUT2D eigenvalue weighted by Crippen LogP contribution is 2.43. The van der Waals surface area contributed by atoms with Gasteiger partial charge in [-0.05, 0) is 29.1 Å². The Balaban J connectivity index is 2.63. The molecule has 13 heavy (non-hydrogen) atoms. The van der Waals surface area contributed by atoms with Gasteiger partial charge in [0.05, 0.1) is 0 Å². The van der Waals surface area contributed by atoms with Crippen molar-refractivity contribution in [3.8, 4) is 0 Å². The lowest BCUT2D eigenvalue weighted by atomic mass is 9.74.